The van der Waals surface area contributed by atoms with Gasteiger partial charge in [0.25, 0.3) is 0 Å². The van der Waals surface area contributed by atoms with Crippen LogP contribution in [0.25, 0.3) is 12.2 Å². The summed E-state index contributed by atoms with van der Waals surface area (Å²) < 4.78 is 0. The van der Waals surface area contributed by atoms with Crippen LogP contribution < -0.4 is 22.1 Å². The number of nitrogens with two attached hydrogens (primary N) is 2. The Morgan fingerprint density at radius 2 is 1.17 bits per heavy atom. The summed E-state index contributed by atoms with van der Waals surface area (Å²) in [5.41, 5.74) is 11.3. The monoisotopic (exact) mass is 314 g/mol. The topological polar surface area (TPSA) is 153 Å². The van der Waals surface area contributed by atoms with Crippen molar-refractivity contribution >= 4 is 35.9 Å². The number of hydrogen-bond acceptors (Lipinski definition) is 10. The quantitative estimate of drug-likeness (QED) is 0.562. The van der Waals surface area contributed by atoms with E-state index >= 15 is 0 Å². The summed E-state index contributed by atoms with van der Waals surface area (Å²) in [6.45, 7) is 4.00. The van der Waals surface area contributed by atoms with Crippen LogP contribution in [0, 0.1) is 0 Å². The fourth-order valence-corrected chi connectivity index (χ4v) is 1.63. The molecular formula is C13H18N10. The van der Waals surface area contributed by atoms with Crippen LogP contribution in [0.3, 0.4) is 0 Å². The van der Waals surface area contributed by atoms with Gasteiger partial charge in [-0.25, -0.2) is 0 Å². The molecule has 10 nitrogen and oxygen atoms in total. The van der Waals surface area contributed by atoms with Crippen molar-refractivity contribution in [3.8, 4) is 0 Å². The van der Waals surface area contributed by atoms with Gasteiger partial charge < -0.3 is 22.1 Å². The predicted octanol–water partition coefficient (Wildman–Crippen LogP) is 0.769. The molecule has 10 heteroatoms. The zero-order valence-electron chi connectivity index (χ0n) is 12.9. The second-order valence-electron chi connectivity index (χ2n) is 4.28. The number of rotatable bonds is 6. The van der Waals surface area contributed by atoms with Gasteiger partial charge >= 0.3 is 0 Å². The van der Waals surface area contributed by atoms with Gasteiger partial charge in [-0.2, -0.15) is 29.9 Å². The number of anilines is 4. The van der Waals surface area contributed by atoms with Crippen LogP contribution in [-0.4, -0.2) is 36.6 Å². The van der Waals surface area contributed by atoms with Crippen molar-refractivity contribution in [2.24, 2.45) is 0 Å². The standard InChI is InChI=1S/C13H18N10/c1-3-5-8-18-10(14)22-12(20-8)16-7-17-13-21-9(6-4-2)19-11(15)23-13/h3-6H,7H2,1-2H3,(H3,14,16,18,20,22)(H3,15,17,19,21,23). The number of hydrogen-bond donors (Lipinski definition) is 4. The molecule has 6 N–H and O–H groups in total. The molecule has 0 aromatic carbocycles. The minimum absolute atomic E-state index is 0.135. The van der Waals surface area contributed by atoms with E-state index < -0.39 is 0 Å². The Hall–Kier alpha value is -3.30. The third-order valence-corrected chi connectivity index (χ3v) is 2.46. The summed E-state index contributed by atoms with van der Waals surface area (Å²) in [6.07, 6.45) is 7.08. The van der Waals surface area contributed by atoms with Crippen molar-refractivity contribution in [3.05, 3.63) is 23.8 Å². The first-order valence-electron chi connectivity index (χ1n) is 6.87. The molecule has 0 saturated carbocycles. The van der Waals surface area contributed by atoms with Crippen molar-refractivity contribution in [1.29, 1.82) is 0 Å². The van der Waals surface area contributed by atoms with Crippen molar-refractivity contribution in [2.45, 2.75) is 13.8 Å². The van der Waals surface area contributed by atoms with Crippen molar-refractivity contribution in [2.75, 3.05) is 28.8 Å². The van der Waals surface area contributed by atoms with Gasteiger partial charge in [0, 0.05) is 0 Å². The molecule has 0 aliphatic heterocycles. The molecule has 2 heterocycles. The van der Waals surface area contributed by atoms with Gasteiger partial charge in [-0.15, -0.1) is 0 Å². The Kier molecular flexibility index (Phi) is 5.34. The Morgan fingerprint density at radius 3 is 1.57 bits per heavy atom. The van der Waals surface area contributed by atoms with Crippen molar-refractivity contribution in [1.82, 2.24) is 29.9 Å². The Bertz CT molecular complexity index is 663. The third-order valence-electron chi connectivity index (χ3n) is 2.46. The van der Waals surface area contributed by atoms with E-state index in [0.29, 0.717) is 23.5 Å². The number of nitrogen functional groups attached to an aromatic ring is 2. The first kappa shape index (κ1) is 16.1. The van der Waals surface area contributed by atoms with Gasteiger partial charge in [-0.3, -0.25) is 0 Å². The molecule has 0 fully saturated rings. The SMILES string of the molecule is CC=Cc1nc(N)nc(NCNc2nc(N)nc(C=CC)n2)n1. The summed E-state index contributed by atoms with van der Waals surface area (Å²) in [7, 11) is 0. The Morgan fingerprint density at radius 1 is 0.739 bits per heavy atom. The van der Waals surface area contributed by atoms with Crippen LogP contribution in [0.4, 0.5) is 23.8 Å². The fourth-order valence-electron chi connectivity index (χ4n) is 1.63. The van der Waals surface area contributed by atoms with Gasteiger partial charge in [0.05, 0.1) is 6.67 Å². The van der Waals surface area contributed by atoms with E-state index in [-0.39, 0.29) is 18.6 Å². The number of nitrogens with zero attached hydrogens (tertiary/aromatic N) is 6. The lowest BCUT2D eigenvalue weighted by Crippen LogP contribution is -2.17. The highest BCUT2D eigenvalue weighted by Crippen LogP contribution is 2.06. The smallest absolute Gasteiger partial charge is 0.229 e. The second-order valence-corrected chi connectivity index (χ2v) is 4.28. The highest BCUT2D eigenvalue weighted by Gasteiger charge is 2.04. The first-order valence-corrected chi connectivity index (χ1v) is 6.87. The summed E-state index contributed by atoms with van der Waals surface area (Å²) in [5, 5.41) is 5.91. The Labute approximate surface area is 133 Å². The van der Waals surface area contributed by atoms with Gasteiger partial charge in [0.15, 0.2) is 11.6 Å². The van der Waals surface area contributed by atoms with Crippen LogP contribution >= 0.6 is 0 Å². The molecule has 120 valence electrons. The van der Waals surface area contributed by atoms with E-state index in [2.05, 4.69) is 40.5 Å². The van der Waals surface area contributed by atoms with E-state index in [0.717, 1.165) is 0 Å². The first-order chi connectivity index (χ1) is 11.1. The molecule has 0 spiro atoms. The number of aromatic nitrogens is 6. The van der Waals surface area contributed by atoms with E-state index in [1.807, 2.05) is 26.0 Å². The van der Waals surface area contributed by atoms with Crippen LogP contribution in [0.2, 0.25) is 0 Å². The summed E-state index contributed by atoms with van der Waals surface area (Å²) in [5.74, 6) is 1.90. The van der Waals surface area contributed by atoms with Gasteiger partial charge in [-0.1, -0.05) is 12.2 Å². The lowest BCUT2D eigenvalue weighted by molar-refractivity contribution is 0.988. The molecular weight excluding hydrogens is 296 g/mol. The lowest BCUT2D eigenvalue weighted by Gasteiger charge is -2.08. The summed E-state index contributed by atoms with van der Waals surface area (Å²) in [6, 6.07) is 0. The van der Waals surface area contributed by atoms with Gasteiger partial charge in [0.2, 0.25) is 23.8 Å². The molecule has 0 amide bonds. The molecule has 0 bridgehead atoms. The molecule has 2 rings (SSSR count). The maximum atomic E-state index is 5.63. The van der Waals surface area contributed by atoms with E-state index in [4.69, 9.17) is 11.5 Å². The molecule has 2 aromatic rings. The molecule has 0 saturated heterocycles. The predicted molar refractivity (Wildman–Crippen MR) is 90.0 cm³/mol. The van der Waals surface area contributed by atoms with Crippen LogP contribution in [0.15, 0.2) is 12.2 Å². The number of nitrogens with one attached hydrogen (secondary N) is 2. The van der Waals surface area contributed by atoms with Crippen LogP contribution in [-0.2, 0) is 0 Å². The normalized spacial score (nSPS) is 11.2. The fraction of sp³-hybridized carbons (Fsp3) is 0.231. The molecule has 23 heavy (non-hydrogen) atoms. The van der Waals surface area contributed by atoms with E-state index in [9.17, 15) is 0 Å². The molecule has 0 aliphatic rings. The maximum absolute atomic E-state index is 5.63. The number of allylic oxidation sites excluding steroid dienone is 2. The summed E-state index contributed by atoms with van der Waals surface area (Å²) >= 11 is 0. The minimum atomic E-state index is 0.135. The highest BCUT2D eigenvalue weighted by atomic mass is 15.3. The Balaban J connectivity index is 2.02. The van der Waals surface area contributed by atoms with Gasteiger partial charge in [0.1, 0.15) is 0 Å². The van der Waals surface area contributed by atoms with Crippen LogP contribution in [0.1, 0.15) is 25.5 Å². The van der Waals surface area contributed by atoms with Crippen LogP contribution in [0.5, 0.6) is 0 Å². The van der Waals surface area contributed by atoms with E-state index in [1.54, 1.807) is 12.2 Å². The molecule has 0 atom stereocenters. The van der Waals surface area contributed by atoms with Crippen molar-refractivity contribution in [3.63, 3.8) is 0 Å². The maximum Gasteiger partial charge on any atom is 0.229 e. The third kappa shape index (κ3) is 4.88. The molecule has 0 aliphatic carbocycles. The molecule has 2 aromatic heterocycles. The van der Waals surface area contributed by atoms with Gasteiger partial charge in [-0.05, 0) is 26.0 Å². The minimum Gasteiger partial charge on any atom is -0.368 e. The highest BCUT2D eigenvalue weighted by molar-refractivity contribution is 5.46. The van der Waals surface area contributed by atoms with E-state index in [1.165, 1.54) is 0 Å². The average molecular weight is 314 g/mol. The second kappa shape index (κ2) is 7.64. The molecule has 0 unspecified atom stereocenters. The molecule has 0 radical (unpaired) electrons. The average Bonchev–Trinajstić information content (AvgIpc) is 2.47. The zero-order chi connectivity index (χ0) is 16.7. The summed E-state index contributed by atoms with van der Waals surface area (Å²) in [4.78, 5) is 24.3. The zero-order valence-corrected chi connectivity index (χ0v) is 12.9. The largest absolute Gasteiger partial charge is 0.368 e. The lowest BCUT2D eigenvalue weighted by atomic mass is 10.5. The van der Waals surface area contributed by atoms with Crippen molar-refractivity contribution < 1.29 is 0 Å².